The Labute approximate surface area is 66.9 Å². The maximum Gasteiger partial charge on any atom is 0.422 e. The van der Waals surface area contributed by atoms with Crippen molar-refractivity contribution in [1.82, 2.24) is 5.32 Å². The Morgan fingerprint density at radius 3 is 2.42 bits per heavy atom. The van der Waals surface area contributed by atoms with Crippen molar-refractivity contribution in [3.8, 4) is 0 Å². The molecule has 0 radical (unpaired) electrons. The zero-order valence-corrected chi connectivity index (χ0v) is 6.15. The zero-order chi connectivity index (χ0) is 9.19. The van der Waals surface area contributed by atoms with Gasteiger partial charge in [0, 0.05) is 13.1 Å². The summed E-state index contributed by atoms with van der Waals surface area (Å²) < 4.78 is 38.5. The summed E-state index contributed by atoms with van der Waals surface area (Å²) in [6, 6.07) is 0. The van der Waals surface area contributed by atoms with Crippen LogP contribution < -0.4 is 5.32 Å². The molecule has 6 heteroatoms. The third-order valence-electron chi connectivity index (χ3n) is 1.49. The molecule has 0 amide bonds. The number of carbonyl (C=O) groups is 1. The van der Waals surface area contributed by atoms with Crippen LogP contribution in [0.1, 0.15) is 0 Å². The monoisotopic (exact) mass is 183 g/mol. The van der Waals surface area contributed by atoms with Crippen LogP contribution >= 0.6 is 0 Å². The number of halogens is 3. The minimum atomic E-state index is -4.42. The van der Waals surface area contributed by atoms with E-state index in [1.54, 1.807) is 0 Å². The molecule has 1 saturated heterocycles. The lowest BCUT2D eigenvalue weighted by molar-refractivity contribution is -0.190. The van der Waals surface area contributed by atoms with E-state index >= 15 is 0 Å². The second-order valence-corrected chi connectivity index (χ2v) is 2.58. The van der Waals surface area contributed by atoms with Gasteiger partial charge in [0.15, 0.2) is 6.61 Å². The molecule has 0 saturated carbocycles. The maximum absolute atomic E-state index is 11.5. The molecule has 0 aliphatic carbocycles. The first-order chi connectivity index (χ1) is 5.49. The fraction of sp³-hybridized carbons (Fsp3) is 0.833. The van der Waals surface area contributed by atoms with Crippen LogP contribution in [0.3, 0.4) is 0 Å². The van der Waals surface area contributed by atoms with E-state index in [1.807, 2.05) is 0 Å². The van der Waals surface area contributed by atoms with E-state index in [0.29, 0.717) is 13.1 Å². The van der Waals surface area contributed by atoms with Crippen LogP contribution in [-0.4, -0.2) is 31.8 Å². The van der Waals surface area contributed by atoms with Gasteiger partial charge < -0.3 is 10.1 Å². The van der Waals surface area contributed by atoms with Crippen LogP contribution in [0.15, 0.2) is 0 Å². The number of hydrogen-bond donors (Lipinski definition) is 1. The molecule has 0 spiro atoms. The molecule has 0 unspecified atom stereocenters. The first-order valence-electron chi connectivity index (χ1n) is 3.43. The highest BCUT2D eigenvalue weighted by atomic mass is 19.4. The average molecular weight is 183 g/mol. The Hall–Kier alpha value is -0.780. The van der Waals surface area contributed by atoms with Crippen LogP contribution in [0.2, 0.25) is 0 Å². The van der Waals surface area contributed by atoms with Crippen molar-refractivity contribution in [3.05, 3.63) is 0 Å². The summed E-state index contributed by atoms with van der Waals surface area (Å²) in [6.45, 7) is -0.657. The van der Waals surface area contributed by atoms with Gasteiger partial charge in [0.05, 0.1) is 5.92 Å². The van der Waals surface area contributed by atoms with Crippen molar-refractivity contribution in [1.29, 1.82) is 0 Å². The summed E-state index contributed by atoms with van der Waals surface area (Å²) in [5.74, 6) is -1.17. The molecule has 1 fully saturated rings. The van der Waals surface area contributed by atoms with Crippen molar-refractivity contribution in [2.75, 3.05) is 19.7 Å². The molecular formula is C6H8F3NO2. The largest absolute Gasteiger partial charge is 0.456 e. The van der Waals surface area contributed by atoms with Crippen molar-refractivity contribution >= 4 is 5.97 Å². The molecule has 1 rings (SSSR count). The zero-order valence-electron chi connectivity index (χ0n) is 6.15. The number of alkyl halides is 3. The van der Waals surface area contributed by atoms with Crippen LogP contribution in [0, 0.1) is 5.92 Å². The second-order valence-electron chi connectivity index (χ2n) is 2.58. The van der Waals surface area contributed by atoms with Crippen LogP contribution in [0.25, 0.3) is 0 Å². The highest BCUT2D eigenvalue weighted by molar-refractivity contribution is 5.74. The van der Waals surface area contributed by atoms with Gasteiger partial charge in [-0.15, -0.1) is 0 Å². The number of esters is 1. The summed E-state index contributed by atoms with van der Waals surface area (Å²) in [7, 11) is 0. The van der Waals surface area contributed by atoms with Gasteiger partial charge >= 0.3 is 12.1 Å². The van der Waals surface area contributed by atoms with Gasteiger partial charge in [-0.2, -0.15) is 13.2 Å². The van der Waals surface area contributed by atoms with Crippen molar-refractivity contribution < 1.29 is 22.7 Å². The molecule has 1 heterocycles. The molecule has 12 heavy (non-hydrogen) atoms. The molecule has 0 atom stereocenters. The van der Waals surface area contributed by atoms with Gasteiger partial charge in [-0.05, 0) is 0 Å². The lowest BCUT2D eigenvalue weighted by Gasteiger charge is -2.24. The van der Waals surface area contributed by atoms with Gasteiger partial charge in [-0.1, -0.05) is 0 Å². The van der Waals surface area contributed by atoms with E-state index in [4.69, 9.17) is 0 Å². The van der Waals surface area contributed by atoms with E-state index in [0.717, 1.165) is 0 Å². The Kier molecular flexibility index (Phi) is 2.56. The Morgan fingerprint density at radius 1 is 1.50 bits per heavy atom. The number of nitrogens with one attached hydrogen (secondary N) is 1. The summed E-state index contributed by atoms with van der Waals surface area (Å²) in [5, 5.41) is 2.76. The SMILES string of the molecule is O=C(OCC(F)(F)F)C1CNC1. The molecule has 1 aliphatic rings. The lowest BCUT2D eigenvalue weighted by Crippen LogP contribution is -2.47. The minimum Gasteiger partial charge on any atom is -0.456 e. The summed E-state index contributed by atoms with van der Waals surface area (Å²) >= 11 is 0. The first-order valence-corrected chi connectivity index (χ1v) is 3.43. The van der Waals surface area contributed by atoms with Gasteiger partial charge in [0.2, 0.25) is 0 Å². The minimum absolute atomic E-state index is 0.396. The van der Waals surface area contributed by atoms with Gasteiger partial charge in [-0.3, -0.25) is 4.79 Å². The predicted molar refractivity (Wildman–Crippen MR) is 33.4 cm³/mol. The van der Waals surface area contributed by atoms with Gasteiger partial charge in [0.1, 0.15) is 0 Å². The topological polar surface area (TPSA) is 38.3 Å². The smallest absolute Gasteiger partial charge is 0.422 e. The summed E-state index contributed by atoms with van der Waals surface area (Å²) in [5.41, 5.74) is 0. The third kappa shape index (κ3) is 2.69. The number of hydrogen-bond acceptors (Lipinski definition) is 3. The molecular weight excluding hydrogens is 175 g/mol. The van der Waals surface area contributed by atoms with Crippen molar-refractivity contribution in [2.45, 2.75) is 6.18 Å². The molecule has 3 nitrogen and oxygen atoms in total. The maximum atomic E-state index is 11.5. The van der Waals surface area contributed by atoms with Crippen LogP contribution in [0.5, 0.6) is 0 Å². The molecule has 0 aromatic rings. The highest BCUT2D eigenvalue weighted by Gasteiger charge is 2.33. The van der Waals surface area contributed by atoms with Crippen LogP contribution in [-0.2, 0) is 9.53 Å². The average Bonchev–Trinajstić information content (AvgIpc) is 1.78. The summed E-state index contributed by atoms with van der Waals surface area (Å²) in [4.78, 5) is 10.7. The quantitative estimate of drug-likeness (QED) is 0.626. The standard InChI is InChI=1S/C6H8F3NO2/c7-6(8,9)3-12-5(11)4-1-10-2-4/h4,10H,1-3H2. The van der Waals surface area contributed by atoms with Crippen LogP contribution in [0.4, 0.5) is 13.2 Å². The van der Waals surface area contributed by atoms with Crippen molar-refractivity contribution in [2.24, 2.45) is 5.92 Å². The molecule has 0 bridgehead atoms. The Balaban J connectivity index is 2.18. The molecule has 1 N–H and O–H groups in total. The second kappa shape index (κ2) is 3.30. The molecule has 0 aromatic heterocycles. The number of ether oxygens (including phenoxy) is 1. The van der Waals surface area contributed by atoms with E-state index in [9.17, 15) is 18.0 Å². The number of rotatable bonds is 2. The van der Waals surface area contributed by atoms with Crippen molar-refractivity contribution in [3.63, 3.8) is 0 Å². The normalized spacial score (nSPS) is 18.6. The fourth-order valence-electron chi connectivity index (χ4n) is 0.726. The Bertz CT molecular complexity index is 176. The first kappa shape index (κ1) is 9.31. The third-order valence-corrected chi connectivity index (χ3v) is 1.49. The molecule has 0 aromatic carbocycles. The summed E-state index contributed by atoms with van der Waals surface area (Å²) in [6.07, 6.45) is -4.42. The van der Waals surface area contributed by atoms with E-state index in [1.165, 1.54) is 0 Å². The van der Waals surface area contributed by atoms with Gasteiger partial charge in [-0.25, -0.2) is 0 Å². The Morgan fingerprint density at radius 2 is 2.08 bits per heavy atom. The predicted octanol–water partition coefficient (Wildman–Crippen LogP) is 0.311. The molecule has 70 valence electrons. The molecule has 1 aliphatic heterocycles. The van der Waals surface area contributed by atoms with Gasteiger partial charge in [0.25, 0.3) is 0 Å². The highest BCUT2D eigenvalue weighted by Crippen LogP contribution is 2.16. The fourth-order valence-corrected chi connectivity index (χ4v) is 0.726. The number of carbonyl (C=O) groups excluding carboxylic acids is 1. The van der Waals surface area contributed by atoms with E-state index in [-0.39, 0.29) is 0 Å². The van der Waals surface area contributed by atoms with E-state index < -0.39 is 24.7 Å². The van der Waals surface area contributed by atoms with E-state index in [2.05, 4.69) is 10.1 Å². The lowest BCUT2D eigenvalue weighted by atomic mass is 10.0.